The van der Waals surface area contributed by atoms with Crippen molar-refractivity contribution < 1.29 is 0 Å². The Balaban J connectivity index is 0.000000459. The van der Waals surface area contributed by atoms with Crippen molar-refractivity contribution in [1.82, 2.24) is 0 Å². The van der Waals surface area contributed by atoms with Gasteiger partial charge in [-0.1, -0.05) is 69.4 Å². The van der Waals surface area contributed by atoms with Gasteiger partial charge in [-0.3, -0.25) is 0 Å². The molecule has 0 bridgehead atoms. The zero-order valence-corrected chi connectivity index (χ0v) is 10.6. The van der Waals surface area contributed by atoms with Gasteiger partial charge >= 0.3 is 0 Å². The van der Waals surface area contributed by atoms with Crippen LogP contribution in [0.1, 0.15) is 32.4 Å². The van der Waals surface area contributed by atoms with Crippen LogP contribution >= 0.6 is 11.8 Å². The summed E-state index contributed by atoms with van der Waals surface area (Å²) < 4.78 is 0. The van der Waals surface area contributed by atoms with Crippen molar-refractivity contribution in [2.24, 2.45) is 0 Å². The Bertz CT molecular complexity index is 387. The molecule has 0 unspecified atom stereocenters. The number of hydrogen-bond acceptors (Lipinski definition) is 1. The smallest absolute Gasteiger partial charge is 0.0157 e. The number of benzene rings is 2. The molecule has 0 saturated carbocycles. The molecule has 0 nitrogen and oxygen atoms in total. The van der Waals surface area contributed by atoms with Crippen LogP contribution in [0.3, 0.4) is 0 Å². The SMILES string of the molecule is C.CC.c1ccc2c(c1)Cc1ccccc1S2. The molecule has 0 spiro atoms. The van der Waals surface area contributed by atoms with E-state index in [1.54, 1.807) is 0 Å². The molecule has 17 heavy (non-hydrogen) atoms. The third-order valence-corrected chi connectivity index (χ3v) is 3.78. The highest BCUT2D eigenvalue weighted by atomic mass is 32.2. The van der Waals surface area contributed by atoms with Gasteiger partial charge in [-0.05, 0) is 29.7 Å². The molecule has 1 aliphatic heterocycles. The molecular formula is C16H20S. The second-order valence-corrected chi connectivity index (χ2v) is 4.58. The van der Waals surface area contributed by atoms with Crippen LogP contribution in [0.2, 0.25) is 0 Å². The van der Waals surface area contributed by atoms with Crippen LogP contribution < -0.4 is 0 Å². The topological polar surface area (TPSA) is 0 Å². The molecule has 2 aromatic carbocycles. The van der Waals surface area contributed by atoms with Gasteiger partial charge in [0.05, 0.1) is 0 Å². The van der Waals surface area contributed by atoms with E-state index in [1.165, 1.54) is 20.9 Å². The highest BCUT2D eigenvalue weighted by Gasteiger charge is 2.13. The number of hydrogen-bond donors (Lipinski definition) is 0. The molecular weight excluding hydrogens is 224 g/mol. The summed E-state index contributed by atoms with van der Waals surface area (Å²) in [5, 5.41) is 0. The van der Waals surface area contributed by atoms with Crippen molar-refractivity contribution in [1.29, 1.82) is 0 Å². The van der Waals surface area contributed by atoms with E-state index in [4.69, 9.17) is 0 Å². The summed E-state index contributed by atoms with van der Waals surface area (Å²) in [5.74, 6) is 0. The second-order valence-electron chi connectivity index (χ2n) is 3.49. The van der Waals surface area contributed by atoms with Crippen LogP contribution in [0, 0.1) is 0 Å². The minimum atomic E-state index is 0. The Hall–Kier alpha value is -1.21. The van der Waals surface area contributed by atoms with E-state index in [9.17, 15) is 0 Å². The van der Waals surface area contributed by atoms with Gasteiger partial charge in [0.15, 0.2) is 0 Å². The normalized spacial score (nSPS) is 11.2. The van der Waals surface area contributed by atoms with Crippen LogP contribution in [0.25, 0.3) is 0 Å². The quantitative estimate of drug-likeness (QED) is 0.510. The molecule has 0 saturated heterocycles. The van der Waals surface area contributed by atoms with Crippen molar-refractivity contribution in [3.05, 3.63) is 59.7 Å². The summed E-state index contributed by atoms with van der Waals surface area (Å²) in [7, 11) is 0. The lowest BCUT2D eigenvalue weighted by Crippen LogP contribution is -1.98. The fourth-order valence-electron chi connectivity index (χ4n) is 1.82. The summed E-state index contributed by atoms with van der Waals surface area (Å²) in [6.45, 7) is 4.00. The van der Waals surface area contributed by atoms with E-state index < -0.39 is 0 Å². The monoisotopic (exact) mass is 244 g/mol. The minimum Gasteiger partial charge on any atom is -0.0895 e. The van der Waals surface area contributed by atoms with Gasteiger partial charge in [0, 0.05) is 9.79 Å². The lowest BCUT2D eigenvalue weighted by atomic mass is 10.0. The largest absolute Gasteiger partial charge is 0.0895 e. The Morgan fingerprint density at radius 2 is 1.18 bits per heavy atom. The maximum absolute atomic E-state index is 2.22. The van der Waals surface area contributed by atoms with Crippen LogP contribution in [0.5, 0.6) is 0 Å². The number of rotatable bonds is 0. The fourth-order valence-corrected chi connectivity index (χ4v) is 2.90. The Labute approximate surface area is 109 Å². The average molecular weight is 244 g/mol. The van der Waals surface area contributed by atoms with Crippen molar-refractivity contribution >= 4 is 11.8 Å². The summed E-state index contributed by atoms with van der Waals surface area (Å²) >= 11 is 1.88. The highest BCUT2D eigenvalue weighted by Crippen LogP contribution is 2.38. The van der Waals surface area contributed by atoms with Gasteiger partial charge in [0.2, 0.25) is 0 Å². The van der Waals surface area contributed by atoms with E-state index in [0.717, 1.165) is 6.42 Å². The van der Waals surface area contributed by atoms with Crippen molar-refractivity contribution in [3.63, 3.8) is 0 Å². The standard InChI is InChI=1S/C13H10S.C2H6.CH4/c1-3-7-12-10(5-1)9-11-6-2-4-8-13(11)14-12;1-2;/h1-8H,9H2;1-2H3;1H4. The van der Waals surface area contributed by atoms with Gasteiger partial charge in [0.1, 0.15) is 0 Å². The first-order chi connectivity index (χ1) is 7.93. The van der Waals surface area contributed by atoms with Gasteiger partial charge in [-0.2, -0.15) is 0 Å². The molecule has 0 N–H and O–H groups in total. The molecule has 0 fully saturated rings. The van der Waals surface area contributed by atoms with Gasteiger partial charge in [-0.15, -0.1) is 0 Å². The Morgan fingerprint density at radius 3 is 1.65 bits per heavy atom. The highest BCUT2D eigenvalue weighted by molar-refractivity contribution is 7.99. The lowest BCUT2D eigenvalue weighted by molar-refractivity contribution is 1.06. The molecule has 0 aromatic heterocycles. The Kier molecular flexibility index (Phi) is 5.30. The summed E-state index contributed by atoms with van der Waals surface area (Å²) in [6, 6.07) is 17.3. The van der Waals surface area contributed by atoms with Crippen LogP contribution in [-0.4, -0.2) is 0 Å². The van der Waals surface area contributed by atoms with Crippen molar-refractivity contribution in [2.75, 3.05) is 0 Å². The van der Waals surface area contributed by atoms with Gasteiger partial charge in [-0.25, -0.2) is 0 Å². The molecule has 0 aliphatic carbocycles. The molecule has 3 rings (SSSR count). The van der Waals surface area contributed by atoms with Crippen LogP contribution in [0.4, 0.5) is 0 Å². The van der Waals surface area contributed by atoms with Gasteiger partial charge < -0.3 is 0 Å². The summed E-state index contributed by atoms with van der Waals surface area (Å²) in [6.07, 6.45) is 1.08. The molecule has 0 atom stereocenters. The van der Waals surface area contributed by atoms with Crippen LogP contribution in [-0.2, 0) is 6.42 Å². The zero-order valence-electron chi connectivity index (χ0n) is 9.73. The van der Waals surface area contributed by atoms with Gasteiger partial charge in [0.25, 0.3) is 0 Å². The maximum Gasteiger partial charge on any atom is 0.0157 e. The maximum atomic E-state index is 2.22. The van der Waals surface area contributed by atoms with E-state index in [0.29, 0.717) is 0 Å². The molecule has 1 heterocycles. The number of fused-ring (bicyclic) bond motifs is 2. The first-order valence-electron chi connectivity index (χ1n) is 5.77. The first kappa shape index (κ1) is 13.9. The summed E-state index contributed by atoms with van der Waals surface area (Å²) in [5.41, 5.74) is 2.91. The molecule has 1 heteroatoms. The molecule has 0 radical (unpaired) electrons. The lowest BCUT2D eigenvalue weighted by Gasteiger charge is -2.17. The third kappa shape index (κ3) is 2.92. The predicted molar refractivity (Wildman–Crippen MR) is 77.9 cm³/mol. The molecule has 0 amide bonds. The fraction of sp³-hybridized carbons (Fsp3) is 0.250. The molecule has 2 aromatic rings. The third-order valence-electron chi connectivity index (χ3n) is 2.55. The molecule has 90 valence electrons. The van der Waals surface area contributed by atoms with Crippen LogP contribution in [0.15, 0.2) is 58.3 Å². The minimum absolute atomic E-state index is 0. The summed E-state index contributed by atoms with van der Waals surface area (Å²) in [4.78, 5) is 2.82. The first-order valence-corrected chi connectivity index (χ1v) is 6.59. The average Bonchev–Trinajstić information content (AvgIpc) is 2.38. The van der Waals surface area contributed by atoms with Crippen molar-refractivity contribution in [2.45, 2.75) is 37.5 Å². The molecule has 1 aliphatic rings. The van der Waals surface area contributed by atoms with Crippen molar-refractivity contribution in [3.8, 4) is 0 Å². The van der Waals surface area contributed by atoms with E-state index in [-0.39, 0.29) is 7.43 Å². The van der Waals surface area contributed by atoms with E-state index in [1.807, 2.05) is 25.6 Å². The predicted octanol–water partition coefficient (Wildman–Crippen LogP) is 5.40. The van der Waals surface area contributed by atoms with E-state index >= 15 is 0 Å². The second kappa shape index (κ2) is 6.51. The zero-order chi connectivity index (χ0) is 11.4. The van der Waals surface area contributed by atoms with E-state index in [2.05, 4.69) is 48.5 Å². The Morgan fingerprint density at radius 1 is 0.765 bits per heavy atom.